The molecule has 1 heterocycles. The summed E-state index contributed by atoms with van der Waals surface area (Å²) in [5.74, 6) is 0.0551. The fourth-order valence-corrected chi connectivity index (χ4v) is 2.68. The summed E-state index contributed by atoms with van der Waals surface area (Å²) < 4.78 is 44.2. The number of nitrogens with two attached hydrogens (primary N) is 1. The maximum absolute atomic E-state index is 13.0. The van der Waals surface area contributed by atoms with Gasteiger partial charge in [-0.05, 0) is 36.2 Å². The lowest BCUT2D eigenvalue weighted by Gasteiger charge is -2.04. The molecule has 0 aliphatic carbocycles. The minimum Gasteiger partial charge on any atom is -0.447 e. The van der Waals surface area contributed by atoms with E-state index in [1.54, 1.807) is 12.1 Å². The monoisotopic (exact) mass is 298 g/mol. The Bertz CT molecular complexity index is 682. The van der Waals surface area contributed by atoms with Crippen LogP contribution in [0.4, 0.5) is 4.39 Å². The lowest BCUT2D eigenvalue weighted by Crippen LogP contribution is -2.25. The first-order valence-corrected chi connectivity index (χ1v) is 7.52. The molecule has 20 heavy (non-hydrogen) atoms. The minimum atomic E-state index is -3.70. The largest absolute Gasteiger partial charge is 0.447 e. The quantitative estimate of drug-likeness (QED) is 0.844. The normalized spacial score (nSPS) is 11.7. The van der Waals surface area contributed by atoms with Crippen LogP contribution in [-0.2, 0) is 23.0 Å². The number of furan rings is 1. The van der Waals surface area contributed by atoms with Crippen LogP contribution in [0.5, 0.6) is 0 Å². The van der Waals surface area contributed by atoms with E-state index in [-0.39, 0.29) is 24.0 Å². The molecule has 5 nitrogen and oxygen atoms in total. The average Bonchev–Trinajstić information content (AvgIpc) is 2.88. The first-order valence-electron chi connectivity index (χ1n) is 6.04. The van der Waals surface area contributed by atoms with Gasteiger partial charge in [0.2, 0.25) is 5.09 Å². The molecule has 0 aliphatic heterocycles. The van der Waals surface area contributed by atoms with E-state index in [9.17, 15) is 12.8 Å². The van der Waals surface area contributed by atoms with Crippen molar-refractivity contribution in [1.82, 2.24) is 4.72 Å². The summed E-state index contributed by atoms with van der Waals surface area (Å²) in [6.07, 6.45) is 0.390. The lowest BCUT2D eigenvalue weighted by molar-refractivity contribution is 0.413. The minimum absolute atomic E-state index is 0.138. The Morgan fingerprint density at radius 2 is 2.05 bits per heavy atom. The topological polar surface area (TPSA) is 85.3 Å². The second-order valence-corrected chi connectivity index (χ2v) is 5.90. The number of halogens is 1. The Morgan fingerprint density at radius 1 is 1.25 bits per heavy atom. The molecule has 1 aromatic heterocycles. The van der Waals surface area contributed by atoms with Crippen molar-refractivity contribution >= 4 is 10.0 Å². The van der Waals surface area contributed by atoms with Crippen LogP contribution in [0, 0.1) is 5.82 Å². The van der Waals surface area contributed by atoms with E-state index in [1.807, 2.05) is 0 Å². The molecule has 0 aliphatic rings. The van der Waals surface area contributed by atoms with E-state index in [2.05, 4.69) is 4.72 Å². The number of sulfonamides is 1. The van der Waals surface area contributed by atoms with Crippen LogP contribution in [-0.4, -0.2) is 15.0 Å². The zero-order chi connectivity index (χ0) is 14.6. The maximum Gasteiger partial charge on any atom is 0.273 e. The van der Waals surface area contributed by atoms with Gasteiger partial charge >= 0.3 is 0 Å². The molecule has 108 valence electrons. The van der Waals surface area contributed by atoms with Gasteiger partial charge in [0.15, 0.2) is 0 Å². The van der Waals surface area contributed by atoms with Crippen LogP contribution in [0.2, 0.25) is 0 Å². The van der Waals surface area contributed by atoms with Gasteiger partial charge in [0.05, 0.1) is 6.54 Å². The van der Waals surface area contributed by atoms with Gasteiger partial charge in [0.25, 0.3) is 10.0 Å². The molecule has 1 aromatic carbocycles. The Kier molecular flexibility index (Phi) is 4.53. The van der Waals surface area contributed by atoms with Crippen LogP contribution < -0.4 is 10.5 Å². The predicted molar refractivity (Wildman–Crippen MR) is 71.9 cm³/mol. The highest BCUT2D eigenvalue weighted by Crippen LogP contribution is 2.13. The Balaban J connectivity index is 1.96. The van der Waals surface area contributed by atoms with Crippen LogP contribution in [0.3, 0.4) is 0 Å². The van der Waals surface area contributed by atoms with Gasteiger partial charge < -0.3 is 10.2 Å². The fraction of sp³-hybridized carbons (Fsp3) is 0.231. The van der Waals surface area contributed by atoms with E-state index < -0.39 is 10.0 Å². The summed E-state index contributed by atoms with van der Waals surface area (Å²) >= 11 is 0. The van der Waals surface area contributed by atoms with Gasteiger partial charge in [0, 0.05) is 6.54 Å². The zero-order valence-corrected chi connectivity index (χ0v) is 11.5. The van der Waals surface area contributed by atoms with Crippen molar-refractivity contribution in [3.05, 3.63) is 53.5 Å². The molecular formula is C13H15FN2O3S. The molecule has 0 radical (unpaired) electrons. The van der Waals surface area contributed by atoms with Crippen molar-refractivity contribution in [2.75, 3.05) is 6.54 Å². The fourth-order valence-electron chi connectivity index (χ4n) is 1.71. The second kappa shape index (κ2) is 6.17. The summed E-state index contributed by atoms with van der Waals surface area (Å²) in [7, 11) is -3.70. The molecule has 2 rings (SSSR count). The number of benzene rings is 1. The molecule has 0 atom stereocenters. The molecule has 0 spiro atoms. The van der Waals surface area contributed by atoms with Gasteiger partial charge in [-0.3, -0.25) is 0 Å². The first kappa shape index (κ1) is 14.7. The number of rotatable bonds is 6. The Morgan fingerprint density at radius 3 is 2.70 bits per heavy atom. The molecule has 0 saturated carbocycles. The van der Waals surface area contributed by atoms with E-state index in [4.69, 9.17) is 10.2 Å². The molecule has 0 fully saturated rings. The van der Waals surface area contributed by atoms with Crippen LogP contribution >= 0.6 is 0 Å². The Hall–Kier alpha value is -1.70. The van der Waals surface area contributed by atoms with Crippen molar-refractivity contribution in [1.29, 1.82) is 0 Å². The van der Waals surface area contributed by atoms with E-state index >= 15 is 0 Å². The number of hydrogen-bond donors (Lipinski definition) is 2. The molecule has 2 aromatic rings. The highest BCUT2D eigenvalue weighted by Gasteiger charge is 2.17. The summed E-state index contributed by atoms with van der Waals surface area (Å²) in [6, 6.07) is 8.89. The second-order valence-electron chi connectivity index (χ2n) is 4.20. The third-order valence-electron chi connectivity index (χ3n) is 2.70. The number of hydrogen-bond acceptors (Lipinski definition) is 4. The van der Waals surface area contributed by atoms with Gasteiger partial charge in [-0.15, -0.1) is 0 Å². The molecule has 0 unspecified atom stereocenters. The van der Waals surface area contributed by atoms with E-state index in [0.29, 0.717) is 12.2 Å². The molecule has 3 N–H and O–H groups in total. The highest BCUT2D eigenvalue weighted by atomic mass is 32.2. The maximum atomic E-state index is 13.0. The number of nitrogens with one attached hydrogen (secondary N) is 1. The lowest BCUT2D eigenvalue weighted by atomic mass is 10.1. The average molecular weight is 298 g/mol. The van der Waals surface area contributed by atoms with Gasteiger partial charge in [0.1, 0.15) is 11.6 Å². The Labute approximate surface area is 116 Å². The summed E-state index contributed by atoms with van der Waals surface area (Å²) in [6.45, 7) is 0.295. The third kappa shape index (κ3) is 3.66. The molecule has 0 amide bonds. The van der Waals surface area contributed by atoms with E-state index in [1.165, 1.54) is 24.3 Å². The first-order chi connectivity index (χ1) is 9.51. The summed E-state index contributed by atoms with van der Waals surface area (Å²) in [5, 5.41) is -0.169. The molecular weight excluding hydrogens is 283 g/mol. The highest BCUT2D eigenvalue weighted by molar-refractivity contribution is 7.89. The zero-order valence-electron chi connectivity index (χ0n) is 10.7. The van der Waals surface area contributed by atoms with Crippen molar-refractivity contribution in [3.63, 3.8) is 0 Å². The van der Waals surface area contributed by atoms with Crippen LogP contribution in [0.1, 0.15) is 11.3 Å². The van der Waals surface area contributed by atoms with Gasteiger partial charge in [-0.1, -0.05) is 12.1 Å². The molecule has 0 saturated heterocycles. The standard InChI is InChI=1S/C13H15FN2O3S/c14-11-3-1-2-10(8-11)6-7-16-20(17,18)13-5-4-12(9-15)19-13/h1-5,8,16H,6-7,9,15H2. The van der Waals surface area contributed by atoms with E-state index in [0.717, 1.165) is 5.56 Å². The molecule has 0 bridgehead atoms. The van der Waals surface area contributed by atoms with Crippen molar-refractivity contribution in [2.24, 2.45) is 5.73 Å². The third-order valence-corrected chi connectivity index (χ3v) is 4.03. The van der Waals surface area contributed by atoms with Gasteiger partial charge in [-0.25, -0.2) is 17.5 Å². The van der Waals surface area contributed by atoms with Crippen LogP contribution in [0.15, 0.2) is 45.9 Å². The summed E-state index contributed by atoms with van der Waals surface area (Å²) in [5.41, 5.74) is 6.07. The molecule has 7 heteroatoms. The summed E-state index contributed by atoms with van der Waals surface area (Å²) in [4.78, 5) is 0. The smallest absolute Gasteiger partial charge is 0.273 e. The van der Waals surface area contributed by atoms with Crippen molar-refractivity contribution in [2.45, 2.75) is 18.1 Å². The van der Waals surface area contributed by atoms with Crippen molar-refractivity contribution < 1.29 is 17.2 Å². The van der Waals surface area contributed by atoms with Crippen LogP contribution in [0.25, 0.3) is 0 Å². The predicted octanol–water partition coefficient (Wildman–Crippen LogP) is 1.40. The SMILES string of the molecule is NCc1ccc(S(=O)(=O)NCCc2cccc(F)c2)o1. The van der Waals surface area contributed by atoms with Crippen molar-refractivity contribution in [3.8, 4) is 0 Å². The van der Waals surface area contributed by atoms with Gasteiger partial charge in [-0.2, -0.15) is 0 Å².